The fourth-order valence-corrected chi connectivity index (χ4v) is 4.06. The van der Waals surface area contributed by atoms with Gasteiger partial charge in [-0.1, -0.05) is 18.2 Å². The van der Waals surface area contributed by atoms with Gasteiger partial charge in [0.05, 0.1) is 11.3 Å². The van der Waals surface area contributed by atoms with Gasteiger partial charge in [0.15, 0.2) is 5.78 Å². The summed E-state index contributed by atoms with van der Waals surface area (Å²) in [6.45, 7) is 0. The fraction of sp³-hybridized carbons (Fsp3) is 0.111. The van der Waals surface area contributed by atoms with Gasteiger partial charge in [0.1, 0.15) is 5.69 Å². The summed E-state index contributed by atoms with van der Waals surface area (Å²) in [6.07, 6.45) is 2.26. The van der Waals surface area contributed by atoms with E-state index in [0.29, 0.717) is 12.1 Å². The van der Waals surface area contributed by atoms with Gasteiger partial charge in [-0.3, -0.25) is 9.48 Å². The van der Waals surface area contributed by atoms with Gasteiger partial charge in [-0.15, -0.1) is 0 Å². The van der Waals surface area contributed by atoms with Crippen molar-refractivity contribution in [2.45, 2.75) is 12.8 Å². The second-order valence-electron chi connectivity index (χ2n) is 8.32. The van der Waals surface area contributed by atoms with E-state index in [1.165, 1.54) is 24.4 Å². The molecular formula is C27H21FN4O3. The van der Waals surface area contributed by atoms with Gasteiger partial charge in [0.25, 0.3) is 0 Å². The molecule has 0 aliphatic rings. The Kier molecular flexibility index (Phi) is 5.70. The zero-order chi connectivity index (χ0) is 24.5. The minimum absolute atomic E-state index is 0.0806. The minimum Gasteiger partial charge on any atom is -0.478 e. The van der Waals surface area contributed by atoms with Crippen LogP contribution >= 0.6 is 0 Å². The smallest absolute Gasteiger partial charge is 0.335 e. The Morgan fingerprint density at radius 3 is 2.49 bits per heavy atom. The first-order valence-corrected chi connectivity index (χ1v) is 11.0. The van der Waals surface area contributed by atoms with Crippen LogP contribution in [0.25, 0.3) is 33.4 Å². The van der Waals surface area contributed by atoms with E-state index in [1.54, 1.807) is 36.0 Å². The Morgan fingerprint density at radius 2 is 1.77 bits per heavy atom. The number of hydrogen-bond acceptors (Lipinski definition) is 4. The number of carboxylic acid groups (broad SMARTS) is 1. The number of benzene rings is 2. The number of H-pyrrole nitrogens is 1. The predicted octanol–water partition coefficient (Wildman–Crippen LogP) is 5.28. The van der Waals surface area contributed by atoms with Crippen LogP contribution in [-0.2, 0) is 13.5 Å². The Labute approximate surface area is 199 Å². The van der Waals surface area contributed by atoms with Gasteiger partial charge in [0.2, 0.25) is 5.95 Å². The van der Waals surface area contributed by atoms with Gasteiger partial charge in [0, 0.05) is 47.4 Å². The molecule has 3 aromatic heterocycles. The topological polar surface area (TPSA) is 101 Å². The van der Waals surface area contributed by atoms with E-state index in [0.717, 1.165) is 39.0 Å². The maximum Gasteiger partial charge on any atom is 0.335 e. The quantitative estimate of drug-likeness (QED) is 0.250. The number of nitrogens with one attached hydrogen (secondary N) is 1. The van der Waals surface area contributed by atoms with Crippen molar-refractivity contribution in [3.8, 4) is 22.5 Å². The molecule has 5 aromatic rings. The summed E-state index contributed by atoms with van der Waals surface area (Å²) in [5.41, 5.74) is 5.78. The molecule has 0 unspecified atom stereocenters. The first-order valence-electron chi connectivity index (χ1n) is 11.0. The number of carbonyl (C=O) groups excluding carboxylic acids is 1. The lowest BCUT2D eigenvalue weighted by atomic mass is 10.0. The van der Waals surface area contributed by atoms with Crippen molar-refractivity contribution in [3.63, 3.8) is 0 Å². The van der Waals surface area contributed by atoms with E-state index in [1.807, 2.05) is 24.3 Å². The standard InChI is InChI=1S/C27H21FN4O3/c1-32-24(14-23(31-32)25(33)10-4-16-2-5-17(6-3-16)27(34)35)18-7-9-21-20(12-18)13-22(30-21)19-8-11-26(28)29-15-19/h2-3,5-9,11-15,30H,4,10H2,1H3,(H,34,35). The third-order valence-electron chi connectivity index (χ3n) is 5.96. The van der Waals surface area contributed by atoms with Crippen LogP contribution in [0.4, 0.5) is 4.39 Å². The Hall–Kier alpha value is -4.59. The molecule has 3 heterocycles. The second kappa shape index (κ2) is 8.98. The largest absolute Gasteiger partial charge is 0.478 e. The molecule has 0 spiro atoms. The number of aromatic amines is 1. The summed E-state index contributed by atoms with van der Waals surface area (Å²) in [5, 5.41) is 14.4. The Morgan fingerprint density at radius 1 is 1.00 bits per heavy atom. The maximum absolute atomic E-state index is 13.1. The van der Waals surface area contributed by atoms with Crippen LogP contribution in [0.15, 0.2) is 72.9 Å². The van der Waals surface area contributed by atoms with E-state index in [9.17, 15) is 14.0 Å². The molecule has 0 radical (unpaired) electrons. The molecule has 2 aromatic carbocycles. The van der Waals surface area contributed by atoms with Crippen LogP contribution < -0.4 is 0 Å². The lowest BCUT2D eigenvalue weighted by Crippen LogP contribution is -2.03. The van der Waals surface area contributed by atoms with Crippen molar-refractivity contribution in [1.29, 1.82) is 0 Å². The number of rotatable bonds is 7. The monoisotopic (exact) mass is 468 g/mol. The van der Waals surface area contributed by atoms with Gasteiger partial charge >= 0.3 is 5.97 Å². The number of aromatic nitrogens is 4. The Bertz CT molecular complexity index is 1550. The highest BCUT2D eigenvalue weighted by atomic mass is 19.1. The van der Waals surface area contributed by atoms with Crippen LogP contribution in [-0.4, -0.2) is 36.6 Å². The number of halogens is 1. The predicted molar refractivity (Wildman–Crippen MR) is 130 cm³/mol. The van der Waals surface area contributed by atoms with Gasteiger partial charge in [-0.05, 0) is 60.5 Å². The lowest BCUT2D eigenvalue weighted by molar-refractivity contribution is 0.0696. The average molecular weight is 468 g/mol. The van der Waals surface area contributed by atoms with Crippen molar-refractivity contribution in [3.05, 3.63) is 95.7 Å². The number of carboxylic acids is 1. The lowest BCUT2D eigenvalue weighted by Gasteiger charge is -2.01. The Balaban J connectivity index is 1.34. The third kappa shape index (κ3) is 4.59. The van der Waals surface area contributed by atoms with Crippen molar-refractivity contribution in [1.82, 2.24) is 19.7 Å². The van der Waals surface area contributed by atoms with Crippen molar-refractivity contribution in [2.75, 3.05) is 0 Å². The first kappa shape index (κ1) is 22.2. The molecule has 174 valence electrons. The highest BCUT2D eigenvalue weighted by Crippen LogP contribution is 2.29. The summed E-state index contributed by atoms with van der Waals surface area (Å²) < 4.78 is 14.8. The van der Waals surface area contributed by atoms with Crippen molar-refractivity contribution >= 4 is 22.7 Å². The maximum atomic E-state index is 13.1. The van der Waals surface area contributed by atoms with Crippen molar-refractivity contribution in [2.24, 2.45) is 7.05 Å². The van der Waals surface area contributed by atoms with E-state index in [4.69, 9.17) is 5.11 Å². The zero-order valence-electron chi connectivity index (χ0n) is 18.8. The van der Waals surface area contributed by atoms with Crippen LogP contribution in [0, 0.1) is 5.95 Å². The highest BCUT2D eigenvalue weighted by molar-refractivity contribution is 5.96. The number of pyridine rings is 1. The van der Waals surface area contributed by atoms with E-state index < -0.39 is 11.9 Å². The number of ketones is 1. The second-order valence-corrected chi connectivity index (χ2v) is 8.32. The molecule has 0 saturated heterocycles. The van der Waals surface area contributed by atoms with Gasteiger partial charge in [-0.25, -0.2) is 9.78 Å². The first-order chi connectivity index (χ1) is 16.9. The molecule has 0 fully saturated rings. The molecule has 2 N–H and O–H groups in total. The van der Waals surface area contributed by atoms with E-state index in [-0.39, 0.29) is 17.8 Å². The third-order valence-corrected chi connectivity index (χ3v) is 5.96. The number of carbonyl (C=O) groups is 2. The number of hydrogen-bond donors (Lipinski definition) is 2. The van der Waals surface area contributed by atoms with Crippen LogP contribution in [0.3, 0.4) is 0 Å². The fourth-order valence-electron chi connectivity index (χ4n) is 4.06. The number of Topliss-reactive ketones (excluding diaryl/α,β-unsaturated/α-hetero) is 1. The molecule has 5 rings (SSSR count). The number of aryl methyl sites for hydroxylation is 2. The van der Waals surface area contributed by atoms with Crippen LogP contribution in [0.5, 0.6) is 0 Å². The normalized spacial score (nSPS) is 11.1. The SMILES string of the molecule is Cn1nc(C(=O)CCc2ccc(C(=O)O)cc2)cc1-c1ccc2[nH]c(-c3ccc(F)nc3)cc2c1. The molecule has 0 saturated carbocycles. The molecule has 35 heavy (non-hydrogen) atoms. The van der Waals surface area contributed by atoms with Gasteiger partial charge < -0.3 is 10.1 Å². The molecule has 0 bridgehead atoms. The molecule has 7 nitrogen and oxygen atoms in total. The number of nitrogens with zero attached hydrogens (tertiary/aromatic N) is 3. The number of aromatic carboxylic acids is 1. The summed E-state index contributed by atoms with van der Waals surface area (Å²) in [4.78, 5) is 30.8. The number of fused-ring (bicyclic) bond motifs is 1. The van der Waals surface area contributed by atoms with Crippen molar-refractivity contribution < 1.29 is 19.1 Å². The summed E-state index contributed by atoms with van der Waals surface area (Å²) in [6, 6.07) is 19.2. The molecule has 0 aliphatic heterocycles. The molecule has 0 amide bonds. The van der Waals surface area contributed by atoms with Crippen LogP contribution in [0.1, 0.15) is 32.8 Å². The van der Waals surface area contributed by atoms with Crippen LogP contribution in [0.2, 0.25) is 0 Å². The van der Waals surface area contributed by atoms with Gasteiger partial charge in [-0.2, -0.15) is 9.49 Å². The molecular weight excluding hydrogens is 447 g/mol. The molecule has 0 aliphatic carbocycles. The highest BCUT2D eigenvalue weighted by Gasteiger charge is 2.15. The van der Waals surface area contributed by atoms with E-state index >= 15 is 0 Å². The minimum atomic E-state index is -0.977. The average Bonchev–Trinajstić information content (AvgIpc) is 3.46. The van der Waals surface area contributed by atoms with E-state index in [2.05, 4.69) is 15.1 Å². The zero-order valence-corrected chi connectivity index (χ0v) is 18.8. The summed E-state index contributed by atoms with van der Waals surface area (Å²) in [5.74, 6) is -1.58. The molecule has 0 atom stereocenters. The summed E-state index contributed by atoms with van der Waals surface area (Å²) in [7, 11) is 1.80. The molecule has 8 heteroatoms. The summed E-state index contributed by atoms with van der Waals surface area (Å²) >= 11 is 0.